The Morgan fingerprint density at radius 1 is 1.38 bits per heavy atom. The van der Waals surface area contributed by atoms with Gasteiger partial charge in [0.15, 0.2) is 0 Å². The molecular formula is C8H9Cl2FN2. The predicted octanol–water partition coefficient (Wildman–Crippen LogP) is 2.09. The molecular weight excluding hydrogens is 214 g/mol. The number of rotatable bonds is 2. The van der Waals surface area contributed by atoms with Crippen LogP contribution in [0.4, 0.5) is 4.39 Å². The van der Waals surface area contributed by atoms with Gasteiger partial charge in [-0.25, -0.2) is 4.39 Å². The summed E-state index contributed by atoms with van der Waals surface area (Å²) in [6.45, 7) is 0.234. The Kier molecular flexibility index (Phi) is 3.50. The van der Waals surface area contributed by atoms with Gasteiger partial charge in [0.2, 0.25) is 0 Å². The average Bonchev–Trinajstić information content (AvgIpc) is 2.12. The van der Waals surface area contributed by atoms with E-state index in [1.54, 1.807) is 0 Å². The molecule has 0 unspecified atom stereocenters. The van der Waals surface area contributed by atoms with E-state index in [9.17, 15) is 4.39 Å². The highest BCUT2D eigenvalue weighted by Crippen LogP contribution is 2.27. The summed E-state index contributed by atoms with van der Waals surface area (Å²) in [7, 11) is 0. The Morgan fingerprint density at radius 3 is 2.46 bits per heavy atom. The zero-order valence-electron chi connectivity index (χ0n) is 6.73. The second kappa shape index (κ2) is 4.24. The molecule has 0 heterocycles. The van der Waals surface area contributed by atoms with Crippen LogP contribution in [0.3, 0.4) is 0 Å². The van der Waals surface area contributed by atoms with Gasteiger partial charge < -0.3 is 11.5 Å². The van der Waals surface area contributed by atoms with Crippen LogP contribution >= 0.6 is 23.2 Å². The van der Waals surface area contributed by atoms with Gasteiger partial charge in [0, 0.05) is 12.6 Å². The van der Waals surface area contributed by atoms with E-state index < -0.39 is 11.9 Å². The number of hydrogen-bond donors (Lipinski definition) is 2. The molecule has 0 aliphatic heterocycles. The monoisotopic (exact) mass is 222 g/mol. The molecule has 0 saturated heterocycles. The maximum Gasteiger partial charge on any atom is 0.143 e. The van der Waals surface area contributed by atoms with Crippen LogP contribution in [0.5, 0.6) is 0 Å². The normalized spacial score (nSPS) is 13.0. The van der Waals surface area contributed by atoms with Crippen molar-refractivity contribution in [3.8, 4) is 0 Å². The van der Waals surface area contributed by atoms with E-state index in [4.69, 9.17) is 34.7 Å². The molecule has 1 aromatic rings. The van der Waals surface area contributed by atoms with E-state index >= 15 is 0 Å². The number of hydrogen-bond acceptors (Lipinski definition) is 2. The Balaban J connectivity index is 3.13. The zero-order chi connectivity index (χ0) is 10.0. The van der Waals surface area contributed by atoms with E-state index in [0.29, 0.717) is 5.56 Å². The first-order valence-electron chi connectivity index (χ1n) is 3.66. The van der Waals surface area contributed by atoms with Crippen molar-refractivity contribution in [1.82, 2.24) is 0 Å². The summed E-state index contributed by atoms with van der Waals surface area (Å²) in [5.74, 6) is -0.576. The minimum atomic E-state index is -0.576. The Morgan fingerprint density at radius 2 is 2.00 bits per heavy atom. The van der Waals surface area contributed by atoms with Crippen molar-refractivity contribution in [2.75, 3.05) is 6.54 Å². The average molecular weight is 223 g/mol. The lowest BCUT2D eigenvalue weighted by atomic mass is 10.1. The van der Waals surface area contributed by atoms with Crippen molar-refractivity contribution in [2.45, 2.75) is 6.04 Å². The number of nitrogens with two attached hydrogens (primary N) is 2. The van der Waals surface area contributed by atoms with Gasteiger partial charge in [-0.2, -0.15) is 0 Å². The van der Waals surface area contributed by atoms with Gasteiger partial charge in [-0.1, -0.05) is 23.2 Å². The van der Waals surface area contributed by atoms with Crippen LogP contribution < -0.4 is 11.5 Å². The summed E-state index contributed by atoms with van der Waals surface area (Å²) >= 11 is 11.2. The van der Waals surface area contributed by atoms with E-state index in [1.807, 2.05) is 0 Å². The van der Waals surface area contributed by atoms with E-state index in [-0.39, 0.29) is 16.6 Å². The molecule has 0 aromatic heterocycles. The Labute approximate surface area is 85.6 Å². The van der Waals surface area contributed by atoms with Gasteiger partial charge in [-0.05, 0) is 17.7 Å². The fourth-order valence-corrected chi connectivity index (χ4v) is 1.25. The first kappa shape index (κ1) is 10.7. The standard InChI is InChI=1S/C8H9Cl2FN2/c9-5-1-4(7(13)3-12)2-6(11)8(5)10/h1-2,7H,3,12-13H2/t7-/m1/s1. The molecule has 1 rings (SSSR count). The summed E-state index contributed by atoms with van der Waals surface area (Å²) < 4.78 is 13.0. The molecule has 0 amide bonds. The van der Waals surface area contributed by atoms with Crippen LogP contribution in [0.15, 0.2) is 12.1 Å². The van der Waals surface area contributed by atoms with Crippen molar-refractivity contribution in [1.29, 1.82) is 0 Å². The zero-order valence-corrected chi connectivity index (χ0v) is 8.24. The first-order valence-corrected chi connectivity index (χ1v) is 4.42. The van der Waals surface area contributed by atoms with Crippen molar-refractivity contribution in [3.05, 3.63) is 33.6 Å². The molecule has 0 bridgehead atoms. The SMILES string of the molecule is NC[C@@H](N)c1cc(F)c(Cl)c(Cl)c1. The van der Waals surface area contributed by atoms with E-state index in [2.05, 4.69) is 0 Å². The molecule has 0 aliphatic carbocycles. The third kappa shape index (κ3) is 2.31. The Bertz CT molecular complexity index is 294. The lowest BCUT2D eigenvalue weighted by Crippen LogP contribution is -2.20. The molecule has 72 valence electrons. The van der Waals surface area contributed by atoms with Gasteiger partial charge in [0.1, 0.15) is 5.82 Å². The summed E-state index contributed by atoms with van der Waals surface area (Å²) in [5.41, 5.74) is 11.5. The largest absolute Gasteiger partial charge is 0.329 e. The van der Waals surface area contributed by atoms with Gasteiger partial charge in [0.25, 0.3) is 0 Å². The van der Waals surface area contributed by atoms with Crippen molar-refractivity contribution in [2.24, 2.45) is 11.5 Å². The fourth-order valence-electron chi connectivity index (χ4n) is 0.925. The first-order chi connectivity index (χ1) is 6.06. The minimum Gasteiger partial charge on any atom is -0.329 e. The van der Waals surface area contributed by atoms with Crippen LogP contribution in [-0.2, 0) is 0 Å². The maximum atomic E-state index is 13.0. The topological polar surface area (TPSA) is 52.0 Å². The van der Waals surface area contributed by atoms with Gasteiger partial charge >= 0.3 is 0 Å². The molecule has 0 aliphatic rings. The molecule has 5 heteroatoms. The lowest BCUT2D eigenvalue weighted by Gasteiger charge is -2.10. The summed E-state index contributed by atoms with van der Waals surface area (Å²) in [6.07, 6.45) is 0. The van der Waals surface area contributed by atoms with E-state index in [1.165, 1.54) is 12.1 Å². The minimum absolute atomic E-state index is 0.0883. The quantitative estimate of drug-likeness (QED) is 0.754. The van der Waals surface area contributed by atoms with Crippen LogP contribution in [0.25, 0.3) is 0 Å². The molecule has 2 nitrogen and oxygen atoms in total. The van der Waals surface area contributed by atoms with Crippen molar-refractivity contribution < 1.29 is 4.39 Å². The molecule has 0 saturated carbocycles. The highest BCUT2D eigenvalue weighted by Gasteiger charge is 2.10. The highest BCUT2D eigenvalue weighted by atomic mass is 35.5. The van der Waals surface area contributed by atoms with Gasteiger partial charge in [-0.15, -0.1) is 0 Å². The molecule has 0 spiro atoms. The maximum absolute atomic E-state index is 13.0. The summed E-state index contributed by atoms with van der Waals surface area (Å²) in [4.78, 5) is 0. The van der Waals surface area contributed by atoms with E-state index in [0.717, 1.165) is 0 Å². The summed E-state index contributed by atoms with van der Waals surface area (Å²) in [6, 6.07) is 2.35. The second-order valence-corrected chi connectivity index (χ2v) is 3.43. The second-order valence-electron chi connectivity index (χ2n) is 2.64. The van der Waals surface area contributed by atoms with Crippen LogP contribution in [0.2, 0.25) is 10.0 Å². The molecule has 0 fully saturated rings. The predicted molar refractivity (Wildman–Crippen MR) is 52.4 cm³/mol. The Hall–Kier alpha value is -0.350. The number of benzene rings is 1. The molecule has 1 aromatic carbocycles. The lowest BCUT2D eigenvalue weighted by molar-refractivity contribution is 0.620. The molecule has 0 radical (unpaired) electrons. The third-order valence-corrected chi connectivity index (χ3v) is 2.47. The smallest absolute Gasteiger partial charge is 0.143 e. The van der Waals surface area contributed by atoms with Crippen LogP contribution in [-0.4, -0.2) is 6.54 Å². The third-order valence-electron chi connectivity index (χ3n) is 1.69. The van der Waals surface area contributed by atoms with Crippen LogP contribution in [0.1, 0.15) is 11.6 Å². The molecule has 1 atom stereocenters. The number of halogens is 3. The van der Waals surface area contributed by atoms with Crippen molar-refractivity contribution in [3.63, 3.8) is 0 Å². The molecule has 4 N–H and O–H groups in total. The fraction of sp³-hybridized carbons (Fsp3) is 0.250. The summed E-state index contributed by atoms with van der Waals surface area (Å²) in [5, 5.41) is 0.0650. The molecule has 13 heavy (non-hydrogen) atoms. The van der Waals surface area contributed by atoms with Gasteiger partial charge in [-0.3, -0.25) is 0 Å². The highest BCUT2D eigenvalue weighted by molar-refractivity contribution is 6.42. The van der Waals surface area contributed by atoms with Crippen LogP contribution in [0, 0.1) is 5.82 Å². The van der Waals surface area contributed by atoms with Gasteiger partial charge in [0.05, 0.1) is 10.0 Å². The van der Waals surface area contributed by atoms with Crippen molar-refractivity contribution >= 4 is 23.2 Å².